The Bertz CT molecular complexity index is 236. The van der Waals surface area contributed by atoms with Gasteiger partial charge in [-0.25, -0.2) is 0 Å². The van der Waals surface area contributed by atoms with Crippen LogP contribution in [-0.4, -0.2) is 36.7 Å². The van der Waals surface area contributed by atoms with E-state index in [-0.39, 0.29) is 18.7 Å². The van der Waals surface area contributed by atoms with E-state index in [9.17, 15) is 9.59 Å². The molecule has 0 aromatic rings. The summed E-state index contributed by atoms with van der Waals surface area (Å²) in [5, 5.41) is 11.1. The number of hydrogen-bond donors (Lipinski definition) is 2. The van der Waals surface area contributed by atoms with Gasteiger partial charge in [-0.1, -0.05) is 0 Å². The van der Waals surface area contributed by atoms with Gasteiger partial charge in [0.2, 0.25) is 5.91 Å². The van der Waals surface area contributed by atoms with E-state index in [1.807, 2.05) is 0 Å². The van der Waals surface area contributed by atoms with Crippen LogP contribution in [0.2, 0.25) is 0 Å². The van der Waals surface area contributed by atoms with Crippen molar-refractivity contribution in [3.05, 3.63) is 0 Å². The van der Waals surface area contributed by atoms with Crippen LogP contribution in [0.1, 0.15) is 32.1 Å². The lowest BCUT2D eigenvalue weighted by molar-refractivity contribution is -0.138. The Morgan fingerprint density at radius 1 is 1.25 bits per heavy atom. The number of carboxylic acids is 1. The van der Waals surface area contributed by atoms with Gasteiger partial charge in [-0.15, -0.1) is 0 Å². The first kappa shape index (κ1) is 13.0. The molecule has 0 aliphatic carbocycles. The first-order chi connectivity index (χ1) is 7.68. The molecule has 1 saturated heterocycles. The van der Waals surface area contributed by atoms with Crippen molar-refractivity contribution in [1.29, 1.82) is 0 Å². The molecule has 5 nitrogen and oxygen atoms in total. The van der Waals surface area contributed by atoms with E-state index in [1.54, 1.807) is 0 Å². The second-order valence-corrected chi connectivity index (χ2v) is 4.09. The van der Waals surface area contributed by atoms with E-state index in [1.165, 1.54) is 0 Å². The van der Waals surface area contributed by atoms with Crippen molar-refractivity contribution in [2.24, 2.45) is 5.92 Å². The molecule has 1 heterocycles. The van der Waals surface area contributed by atoms with Crippen LogP contribution in [0.15, 0.2) is 0 Å². The highest BCUT2D eigenvalue weighted by Gasteiger charge is 2.13. The van der Waals surface area contributed by atoms with E-state index in [2.05, 4.69) is 5.32 Å². The van der Waals surface area contributed by atoms with Gasteiger partial charge in [0, 0.05) is 26.2 Å². The Balaban J connectivity index is 2.01. The first-order valence-electron chi connectivity index (χ1n) is 5.74. The van der Waals surface area contributed by atoms with Gasteiger partial charge in [-0.2, -0.15) is 0 Å². The molecule has 0 radical (unpaired) electrons. The molecule has 0 saturated carbocycles. The van der Waals surface area contributed by atoms with E-state index in [0.29, 0.717) is 12.5 Å². The van der Waals surface area contributed by atoms with Crippen molar-refractivity contribution in [1.82, 2.24) is 5.32 Å². The highest BCUT2D eigenvalue weighted by atomic mass is 16.5. The molecule has 5 heteroatoms. The van der Waals surface area contributed by atoms with Crippen LogP contribution >= 0.6 is 0 Å². The summed E-state index contributed by atoms with van der Waals surface area (Å²) in [5.41, 5.74) is 0. The van der Waals surface area contributed by atoms with Crippen molar-refractivity contribution < 1.29 is 19.4 Å². The van der Waals surface area contributed by atoms with Crippen molar-refractivity contribution in [2.45, 2.75) is 32.1 Å². The standard InChI is InChI=1S/C11H19NO4/c13-10(1-2-11(14)15)12-6-3-9-4-7-16-8-5-9/h9H,1-8H2,(H,12,13)(H,14,15). The molecule has 16 heavy (non-hydrogen) atoms. The highest BCUT2D eigenvalue weighted by Crippen LogP contribution is 2.17. The summed E-state index contributed by atoms with van der Waals surface area (Å²) in [5.74, 6) is -0.470. The summed E-state index contributed by atoms with van der Waals surface area (Å²) in [6, 6.07) is 0. The quantitative estimate of drug-likeness (QED) is 0.706. The maximum absolute atomic E-state index is 11.2. The van der Waals surface area contributed by atoms with Crippen LogP contribution in [-0.2, 0) is 14.3 Å². The minimum Gasteiger partial charge on any atom is -0.481 e. The minimum atomic E-state index is -0.931. The van der Waals surface area contributed by atoms with Crippen LogP contribution in [0.5, 0.6) is 0 Å². The number of carbonyl (C=O) groups is 2. The van der Waals surface area contributed by atoms with Gasteiger partial charge in [0.25, 0.3) is 0 Å². The molecule has 0 aromatic carbocycles. The molecule has 0 aromatic heterocycles. The molecule has 0 bridgehead atoms. The molecular weight excluding hydrogens is 210 g/mol. The van der Waals surface area contributed by atoms with Gasteiger partial charge in [0.1, 0.15) is 0 Å². The number of aliphatic carboxylic acids is 1. The fraction of sp³-hybridized carbons (Fsp3) is 0.818. The van der Waals surface area contributed by atoms with Crippen molar-refractivity contribution in [3.63, 3.8) is 0 Å². The van der Waals surface area contributed by atoms with E-state index in [0.717, 1.165) is 32.5 Å². The van der Waals surface area contributed by atoms with Crippen molar-refractivity contribution in [2.75, 3.05) is 19.8 Å². The third-order valence-electron chi connectivity index (χ3n) is 2.78. The van der Waals surface area contributed by atoms with E-state index >= 15 is 0 Å². The monoisotopic (exact) mass is 229 g/mol. The molecule has 92 valence electrons. The predicted molar refractivity (Wildman–Crippen MR) is 58.0 cm³/mol. The molecule has 1 amide bonds. The fourth-order valence-electron chi connectivity index (χ4n) is 1.76. The smallest absolute Gasteiger partial charge is 0.303 e. The molecule has 1 rings (SSSR count). The number of amides is 1. The number of ether oxygens (including phenoxy) is 1. The minimum absolute atomic E-state index is 0.0725. The number of carbonyl (C=O) groups excluding carboxylic acids is 1. The second-order valence-electron chi connectivity index (χ2n) is 4.09. The fourth-order valence-corrected chi connectivity index (χ4v) is 1.76. The Morgan fingerprint density at radius 2 is 1.94 bits per heavy atom. The van der Waals surface area contributed by atoms with Gasteiger partial charge in [0.05, 0.1) is 6.42 Å². The van der Waals surface area contributed by atoms with Crippen LogP contribution in [0, 0.1) is 5.92 Å². The summed E-state index contributed by atoms with van der Waals surface area (Å²) in [6.45, 7) is 2.28. The van der Waals surface area contributed by atoms with Gasteiger partial charge in [-0.05, 0) is 25.2 Å². The van der Waals surface area contributed by atoms with Crippen molar-refractivity contribution in [3.8, 4) is 0 Å². The lowest BCUT2D eigenvalue weighted by atomic mass is 9.97. The molecular formula is C11H19NO4. The predicted octanol–water partition coefficient (Wildman–Crippen LogP) is 0.784. The average Bonchev–Trinajstić information content (AvgIpc) is 2.28. The molecule has 1 aliphatic rings. The lowest BCUT2D eigenvalue weighted by Crippen LogP contribution is -2.27. The molecule has 2 N–H and O–H groups in total. The van der Waals surface area contributed by atoms with Gasteiger partial charge in [-0.3, -0.25) is 9.59 Å². The SMILES string of the molecule is O=C(O)CCC(=O)NCCC1CCOCC1. The number of nitrogens with one attached hydrogen (secondary N) is 1. The summed E-state index contributed by atoms with van der Waals surface area (Å²) >= 11 is 0. The Morgan fingerprint density at radius 3 is 2.56 bits per heavy atom. The topological polar surface area (TPSA) is 75.6 Å². The first-order valence-corrected chi connectivity index (χ1v) is 5.74. The largest absolute Gasteiger partial charge is 0.481 e. The molecule has 1 fully saturated rings. The lowest BCUT2D eigenvalue weighted by Gasteiger charge is -2.21. The van der Waals surface area contributed by atoms with Crippen LogP contribution in [0.25, 0.3) is 0 Å². The number of hydrogen-bond acceptors (Lipinski definition) is 3. The Kier molecular flexibility index (Phi) is 5.85. The highest BCUT2D eigenvalue weighted by molar-refractivity contribution is 5.80. The van der Waals surface area contributed by atoms with Gasteiger partial charge in [0.15, 0.2) is 0 Å². The van der Waals surface area contributed by atoms with Gasteiger partial charge >= 0.3 is 5.97 Å². The summed E-state index contributed by atoms with van der Waals surface area (Å²) in [6.07, 6.45) is 3.06. The van der Waals surface area contributed by atoms with Crippen LogP contribution < -0.4 is 5.32 Å². The summed E-state index contributed by atoms with van der Waals surface area (Å²) in [4.78, 5) is 21.4. The van der Waals surface area contributed by atoms with E-state index < -0.39 is 5.97 Å². The normalized spacial score (nSPS) is 17.0. The summed E-state index contributed by atoms with van der Waals surface area (Å²) in [7, 11) is 0. The maximum Gasteiger partial charge on any atom is 0.303 e. The third-order valence-corrected chi connectivity index (χ3v) is 2.78. The third kappa shape index (κ3) is 5.70. The zero-order valence-electron chi connectivity index (χ0n) is 9.41. The summed E-state index contributed by atoms with van der Waals surface area (Å²) < 4.78 is 5.24. The Labute approximate surface area is 95.2 Å². The Hall–Kier alpha value is -1.10. The molecule has 0 unspecified atom stereocenters. The molecule has 0 spiro atoms. The maximum atomic E-state index is 11.2. The number of carboxylic acid groups (broad SMARTS) is 1. The zero-order chi connectivity index (χ0) is 11.8. The zero-order valence-corrected chi connectivity index (χ0v) is 9.41. The van der Waals surface area contributed by atoms with Crippen LogP contribution in [0.4, 0.5) is 0 Å². The number of rotatable bonds is 6. The average molecular weight is 229 g/mol. The van der Waals surface area contributed by atoms with Crippen LogP contribution in [0.3, 0.4) is 0 Å². The van der Waals surface area contributed by atoms with Gasteiger partial charge < -0.3 is 15.2 Å². The second kappa shape index (κ2) is 7.22. The van der Waals surface area contributed by atoms with Crippen molar-refractivity contribution >= 4 is 11.9 Å². The molecule has 0 atom stereocenters. The van der Waals surface area contributed by atoms with E-state index in [4.69, 9.17) is 9.84 Å². The molecule has 1 aliphatic heterocycles.